The van der Waals surface area contributed by atoms with E-state index in [0.29, 0.717) is 22.4 Å². The van der Waals surface area contributed by atoms with Crippen LogP contribution in [-0.2, 0) is 0 Å². The fourth-order valence-electron chi connectivity index (χ4n) is 1.64. The van der Waals surface area contributed by atoms with E-state index >= 15 is 0 Å². The van der Waals surface area contributed by atoms with Gasteiger partial charge in [0.15, 0.2) is 0 Å². The number of benzene rings is 1. The summed E-state index contributed by atoms with van der Waals surface area (Å²) in [7, 11) is 7.67. The molecule has 0 aliphatic carbocycles. The van der Waals surface area contributed by atoms with Gasteiger partial charge >= 0.3 is 0 Å². The highest BCUT2D eigenvalue weighted by atomic mass is 16.3. The maximum absolute atomic E-state index is 9.31. The summed E-state index contributed by atoms with van der Waals surface area (Å²) in [5, 5.41) is 21.1. The van der Waals surface area contributed by atoms with Gasteiger partial charge in [0.2, 0.25) is 0 Å². The first kappa shape index (κ1) is 14.5. The van der Waals surface area contributed by atoms with Crippen molar-refractivity contribution in [2.24, 2.45) is 5.84 Å². The molecule has 2 radical (unpaired) electrons. The zero-order valence-corrected chi connectivity index (χ0v) is 11.0. The van der Waals surface area contributed by atoms with Crippen molar-refractivity contribution in [3.05, 3.63) is 17.7 Å². The number of hydrogen-bond donors (Lipinski definition) is 4. The molecular weight excluding hydrogens is 227 g/mol. The molecule has 0 spiro atoms. The summed E-state index contributed by atoms with van der Waals surface area (Å²) in [6.45, 7) is 3.55. The summed E-state index contributed by atoms with van der Waals surface area (Å²) in [6.07, 6.45) is 1.21. The van der Waals surface area contributed by atoms with E-state index in [1.54, 1.807) is 19.2 Å². The minimum atomic E-state index is -0.604. The molecule has 1 rings (SSSR count). The molecule has 0 fully saturated rings. The Kier molecular flexibility index (Phi) is 4.37. The number of hydrogen-bond acceptors (Lipinski definition) is 5. The number of aliphatic hydroxyl groups excluding tert-OH is 1. The van der Waals surface area contributed by atoms with E-state index in [1.807, 2.05) is 13.8 Å². The number of nitrogens with one attached hydrogen (secondary N) is 2. The van der Waals surface area contributed by atoms with Gasteiger partial charge in [-0.2, -0.15) is 0 Å². The Balaban J connectivity index is 3.27. The molecule has 0 aliphatic rings. The first-order valence-electron chi connectivity index (χ1n) is 5.65. The van der Waals surface area contributed by atoms with Crippen molar-refractivity contribution in [2.75, 3.05) is 24.0 Å². The molecule has 6 heteroatoms. The third kappa shape index (κ3) is 2.65. The molecule has 0 aliphatic heterocycles. The van der Waals surface area contributed by atoms with E-state index in [1.165, 1.54) is 11.2 Å². The van der Waals surface area contributed by atoms with Crippen molar-refractivity contribution >= 4 is 30.9 Å². The molecule has 0 heterocycles. The largest absolute Gasteiger partial charge is 0.394 e. The van der Waals surface area contributed by atoms with Gasteiger partial charge in [-0.05, 0) is 26.0 Å². The predicted molar refractivity (Wildman–Crippen MR) is 77.1 cm³/mol. The fraction of sp³-hybridized carbons (Fsp3) is 0.417. The zero-order chi connectivity index (χ0) is 13.9. The van der Waals surface area contributed by atoms with E-state index in [0.717, 1.165) is 0 Å². The van der Waals surface area contributed by atoms with Crippen LogP contribution in [0.25, 0.3) is 0 Å². The Morgan fingerprint density at radius 2 is 2.17 bits per heavy atom. The van der Waals surface area contributed by atoms with E-state index in [-0.39, 0.29) is 6.61 Å². The summed E-state index contributed by atoms with van der Waals surface area (Å²) in [5.74, 6) is 5.99. The van der Waals surface area contributed by atoms with Crippen molar-refractivity contribution in [3.8, 4) is 0 Å². The molecule has 0 amide bonds. The van der Waals surface area contributed by atoms with Crippen LogP contribution in [0.4, 0.5) is 11.4 Å². The standard InChI is InChI=1S/C12H19BN4O/c1-12(2,7-18)17(15)9-4-8(6-14)11(16-3)10(13)5-9/h4-6,14,16,18H,7,15H2,1-3H3. The zero-order valence-electron chi connectivity index (χ0n) is 11.0. The van der Waals surface area contributed by atoms with Gasteiger partial charge in [0.05, 0.1) is 17.8 Å². The van der Waals surface area contributed by atoms with Crippen molar-refractivity contribution in [1.82, 2.24) is 0 Å². The van der Waals surface area contributed by atoms with Crippen LogP contribution in [0, 0.1) is 5.41 Å². The molecule has 0 bridgehead atoms. The molecule has 1 aromatic carbocycles. The average Bonchev–Trinajstić information content (AvgIpc) is 2.36. The van der Waals surface area contributed by atoms with Gasteiger partial charge in [0.1, 0.15) is 7.85 Å². The number of nitrogens with two attached hydrogens (primary N) is 1. The molecule has 1 aromatic rings. The molecule has 0 saturated carbocycles. The lowest BCUT2D eigenvalue weighted by molar-refractivity contribution is 0.212. The maximum Gasteiger partial charge on any atom is 0.116 e. The lowest BCUT2D eigenvalue weighted by Crippen LogP contribution is -2.52. The molecule has 96 valence electrons. The summed E-state index contributed by atoms with van der Waals surface area (Å²) in [6, 6.07) is 3.48. The summed E-state index contributed by atoms with van der Waals surface area (Å²) >= 11 is 0. The lowest BCUT2D eigenvalue weighted by Gasteiger charge is -2.35. The van der Waals surface area contributed by atoms with Crippen LogP contribution in [0.5, 0.6) is 0 Å². The minimum Gasteiger partial charge on any atom is -0.394 e. The van der Waals surface area contributed by atoms with Crippen LogP contribution in [0.2, 0.25) is 0 Å². The van der Waals surface area contributed by atoms with Crippen LogP contribution >= 0.6 is 0 Å². The lowest BCUT2D eigenvalue weighted by atomic mass is 9.90. The smallest absolute Gasteiger partial charge is 0.116 e. The summed E-state index contributed by atoms with van der Waals surface area (Å²) in [5.41, 5.74) is 1.91. The normalized spacial score (nSPS) is 11.2. The number of hydrazine groups is 1. The number of aliphatic hydroxyl groups is 1. The second kappa shape index (κ2) is 5.41. The summed E-state index contributed by atoms with van der Waals surface area (Å²) in [4.78, 5) is 0. The Morgan fingerprint density at radius 1 is 1.56 bits per heavy atom. The van der Waals surface area contributed by atoms with Crippen molar-refractivity contribution < 1.29 is 5.11 Å². The van der Waals surface area contributed by atoms with Gasteiger partial charge in [-0.3, -0.25) is 0 Å². The Morgan fingerprint density at radius 3 is 2.61 bits per heavy atom. The van der Waals surface area contributed by atoms with Crippen LogP contribution in [-0.4, -0.2) is 38.4 Å². The van der Waals surface area contributed by atoms with Crippen molar-refractivity contribution in [3.63, 3.8) is 0 Å². The second-order valence-corrected chi connectivity index (χ2v) is 4.73. The maximum atomic E-state index is 9.31. The van der Waals surface area contributed by atoms with Crippen LogP contribution < -0.4 is 21.6 Å². The van der Waals surface area contributed by atoms with Gasteiger partial charge < -0.3 is 20.8 Å². The fourth-order valence-corrected chi connectivity index (χ4v) is 1.64. The number of nitrogens with zero attached hydrogens (tertiary/aromatic N) is 1. The highest BCUT2D eigenvalue weighted by Crippen LogP contribution is 2.23. The van der Waals surface area contributed by atoms with Crippen LogP contribution in [0.3, 0.4) is 0 Å². The van der Waals surface area contributed by atoms with Crippen LogP contribution in [0.15, 0.2) is 12.1 Å². The molecule has 0 unspecified atom stereocenters. The minimum absolute atomic E-state index is 0.0862. The SMILES string of the molecule is [B]c1cc(N(N)C(C)(C)CO)cc(C=N)c1NC. The topological polar surface area (TPSA) is 85.4 Å². The van der Waals surface area contributed by atoms with Gasteiger partial charge in [-0.25, -0.2) is 5.84 Å². The highest BCUT2D eigenvalue weighted by molar-refractivity contribution is 6.37. The third-order valence-electron chi connectivity index (χ3n) is 2.91. The quantitative estimate of drug-likeness (QED) is 0.254. The molecule has 5 nitrogen and oxygen atoms in total. The van der Waals surface area contributed by atoms with E-state index in [9.17, 15) is 5.11 Å². The molecule has 5 N–H and O–H groups in total. The Labute approximate surface area is 109 Å². The predicted octanol–water partition coefficient (Wildman–Crippen LogP) is -0.0292. The van der Waals surface area contributed by atoms with Crippen LogP contribution in [0.1, 0.15) is 19.4 Å². The highest BCUT2D eigenvalue weighted by Gasteiger charge is 2.24. The molecule has 0 aromatic heterocycles. The Hall–Kier alpha value is -1.53. The molecule has 18 heavy (non-hydrogen) atoms. The van der Waals surface area contributed by atoms with E-state index in [2.05, 4.69) is 5.32 Å². The van der Waals surface area contributed by atoms with Gasteiger partial charge in [0.25, 0.3) is 0 Å². The van der Waals surface area contributed by atoms with Gasteiger partial charge in [0, 0.05) is 24.5 Å². The number of anilines is 2. The summed E-state index contributed by atoms with van der Waals surface area (Å²) < 4.78 is 0. The average molecular weight is 246 g/mol. The molecular formula is C12H19BN4O. The van der Waals surface area contributed by atoms with E-state index < -0.39 is 5.54 Å². The van der Waals surface area contributed by atoms with E-state index in [4.69, 9.17) is 19.1 Å². The third-order valence-corrected chi connectivity index (χ3v) is 2.91. The van der Waals surface area contributed by atoms with Gasteiger partial charge in [-0.15, -0.1) is 0 Å². The van der Waals surface area contributed by atoms with Crippen molar-refractivity contribution in [1.29, 1.82) is 5.41 Å². The first-order valence-corrected chi connectivity index (χ1v) is 5.65. The van der Waals surface area contributed by atoms with Gasteiger partial charge in [-0.1, -0.05) is 5.46 Å². The second-order valence-electron chi connectivity index (χ2n) is 4.73. The molecule has 0 atom stereocenters. The Bertz CT molecular complexity index is 448. The number of rotatable bonds is 5. The monoisotopic (exact) mass is 246 g/mol. The first-order chi connectivity index (χ1) is 8.37. The molecule has 0 saturated heterocycles. The van der Waals surface area contributed by atoms with Crippen molar-refractivity contribution in [2.45, 2.75) is 19.4 Å².